The molecule has 3 aliphatic carbocycles. The molecule has 5 nitrogen and oxygen atoms in total. The predicted molar refractivity (Wildman–Crippen MR) is 86.4 cm³/mol. The number of allylic oxidation sites excluding steroid dienone is 2. The van der Waals surface area contributed by atoms with Gasteiger partial charge in [0.25, 0.3) is 10.4 Å². The van der Waals surface area contributed by atoms with Gasteiger partial charge in [-0.2, -0.15) is 0 Å². The summed E-state index contributed by atoms with van der Waals surface area (Å²) in [6.45, 7) is 2.11. The van der Waals surface area contributed by atoms with E-state index in [2.05, 4.69) is 17.2 Å². The van der Waals surface area contributed by atoms with Crippen LogP contribution in [0.25, 0.3) is 0 Å². The number of ketones is 1. The molecule has 0 bridgehead atoms. The molecule has 3 aliphatic rings. The van der Waals surface area contributed by atoms with E-state index in [9.17, 15) is 17.8 Å². The Bertz CT molecular complexity index is 860. The van der Waals surface area contributed by atoms with Gasteiger partial charge in [-0.05, 0) is 54.9 Å². The molecule has 2 saturated carbocycles. The zero-order chi connectivity index (χ0) is 17.1. The van der Waals surface area contributed by atoms with Crippen LogP contribution in [0.2, 0.25) is 0 Å². The van der Waals surface area contributed by atoms with Crippen LogP contribution in [0.4, 0.5) is 0 Å². The van der Waals surface area contributed by atoms with Crippen LogP contribution in [0.5, 0.6) is 5.75 Å². The molecular formula is C18H19NaO5S. The molecule has 1 aromatic rings. The van der Waals surface area contributed by atoms with Crippen molar-refractivity contribution >= 4 is 16.2 Å². The minimum absolute atomic E-state index is 0. The van der Waals surface area contributed by atoms with Crippen LogP contribution in [0.3, 0.4) is 0 Å². The summed E-state index contributed by atoms with van der Waals surface area (Å²) in [6, 6.07) is 5.06. The van der Waals surface area contributed by atoms with Gasteiger partial charge in [0, 0.05) is 17.8 Å². The van der Waals surface area contributed by atoms with Crippen molar-refractivity contribution in [3.8, 4) is 5.75 Å². The molecule has 0 saturated heterocycles. The number of carbonyl (C=O) groups is 1. The molecule has 4 rings (SSSR count). The Morgan fingerprint density at radius 2 is 2.04 bits per heavy atom. The summed E-state index contributed by atoms with van der Waals surface area (Å²) in [5.41, 5.74) is 3.33. The summed E-state index contributed by atoms with van der Waals surface area (Å²) in [7, 11) is -4.76. The molecule has 3 atom stereocenters. The zero-order valence-electron chi connectivity index (χ0n) is 14.4. The average Bonchev–Trinajstić information content (AvgIpc) is 2.81. The van der Waals surface area contributed by atoms with E-state index in [1.807, 2.05) is 6.07 Å². The number of benzene rings is 1. The van der Waals surface area contributed by atoms with Crippen molar-refractivity contribution in [2.45, 2.75) is 44.9 Å². The summed E-state index contributed by atoms with van der Waals surface area (Å²) in [5, 5.41) is 0. The molecule has 0 aliphatic heterocycles. The second-order valence-corrected chi connectivity index (χ2v) is 8.27. The third-order valence-electron chi connectivity index (χ3n) is 6.07. The number of fused-ring (bicyclic) bond motifs is 5. The third-order valence-corrected chi connectivity index (χ3v) is 6.47. The zero-order valence-corrected chi connectivity index (χ0v) is 17.3. The third kappa shape index (κ3) is 3.23. The number of Topliss-reactive ketones (excluding diaryl/α,β-unsaturated/α-hetero) is 1. The van der Waals surface area contributed by atoms with Crippen molar-refractivity contribution in [1.29, 1.82) is 0 Å². The molecule has 0 unspecified atom stereocenters. The van der Waals surface area contributed by atoms with Gasteiger partial charge in [-0.1, -0.05) is 24.6 Å². The van der Waals surface area contributed by atoms with Crippen LogP contribution >= 0.6 is 0 Å². The van der Waals surface area contributed by atoms with Gasteiger partial charge >= 0.3 is 29.6 Å². The molecule has 0 amide bonds. The van der Waals surface area contributed by atoms with E-state index >= 15 is 0 Å². The second-order valence-electron chi connectivity index (χ2n) is 7.28. The fraction of sp³-hybridized carbons (Fsp3) is 0.500. The maximum absolute atomic E-state index is 12.3. The quantitative estimate of drug-likeness (QED) is 0.314. The predicted octanol–water partition coefficient (Wildman–Crippen LogP) is -0.125. The molecule has 0 N–H and O–H groups in total. The first-order chi connectivity index (χ1) is 11.3. The Morgan fingerprint density at radius 1 is 1.28 bits per heavy atom. The van der Waals surface area contributed by atoms with Gasteiger partial charge in [0.05, 0.1) is 0 Å². The first kappa shape index (κ1) is 19.1. The van der Waals surface area contributed by atoms with Gasteiger partial charge in [-0.3, -0.25) is 4.79 Å². The Kier molecular flexibility index (Phi) is 4.97. The standard InChI is InChI=1S/C18H20O5S.Na/c1-18-9-8-14-13-5-3-12(23-24(20,21)22)10-11(13)2-4-15(14)16(18)6-7-17(18)19;/h3-5,10,14,16H,2,6-9H2,1H3,(H,20,21,22);/q;+1/p-1/t14-,16+,18+;/m1./s1. The van der Waals surface area contributed by atoms with Crippen LogP contribution in [-0.4, -0.2) is 18.8 Å². The van der Waals surface area contributed by atoms with Crippen LogP contribution in [0.1, 0.15) is 49.7 Å². The van der Waals surface area contributed by atoms with Crippen LogP contribution < -0.4 is 33.7 Å². The molecule has 0 heterocycles. The molecule has 7 heteroatoms. The van der Waals surface area contributed by atoms with Crippen molar-refractivity contribution in [3.05, 3.63) is 41.0 Å². The largest absolute Gasteiger partial charge is 1.00 e. The number of hydrogen-bond donors (Lipinski definition) is 0. The summed E-state index contributed by atoms with van der Waals surface area (Å²) in [6.07, 6.45) is 6.30. The van der Waals surface area contributed by atoms with E-state index in [4.69, 9.17) is 0 Å². The van der Waals surface area contributed by atoms with Crippen molar-refractivity contribution in [2.75, 3.05) is 0 Å². The summed E-state index contributed by atoms with van der Waals surface area (Å²) in [5.74, 6) is 1.07. The van der Waals surface area contributed by atoms with Gasteiger partial charge in [-0.25, -0.2) is 8.42 Å². The van der Waals surface area contributed by atoms with Gasteiger partial charge in [0.15, 0.2) is 0 Å². The Labute approximate surface area is 170 Å². The van der Waals surface area contributed by atoms with Crippen LogP contribution in [0, 0.1) is 11.3 Å². The Morgan fingerprint density at radius 3 is 2.76 bits per heavy atom. The molecule has 25 heavy (non-hydrogen) atoms. The van der Waals surface area contributed by atoms with Crippen molar-refractivity contribution in [1.82, 2.24) is 0 Å². The molecule has 1 aromatic carbocycles. The SMILES string of the molecule is C[C@]12CC[C@H]3C(=CCc4cc(OS(=O)(=O)[O-])ccc43)[C@@H]1CCC2=O.[Na+]. The topological polar surface area (TPSA) is 83.5 Å². The van der Waals surface area contributed by atoms with E-state index in [0.717, 1.165) is 24.8 Å². The summed E-state index contributed by atoms with van der Waals surface area (Å²) in [4.78, 5) is 12.3. The maximum atomic E-state index is 12.3. The molecular weight excluding hydrogens is 351 g/mol. The van der Waals surface area contributed by atoms with Crippen LogP contribution in [0.15, 0.2) is 29.8 Å². The molecule has 2 fully saturated rings. The molecule has 0 spiro atoms. The molecule has 0 aromatic heterocycles. The van der Waals surface area contributed by atoms with Crippen molar-refractivity contribution in [2.24, 2.45) is 11.3 Å². The van der Waals surface area contributed by atoms with E-state index in [0.29, 0.717) is 24.5 Å². The van der Waals surface area contributed by atoms with E-state index in [1.54, 1.807) is 12.1 Å². The van der Waals surface area contributed by atoms with Gasteiger partial charge in [0.1, 0.15) is 11.5 Å². The van der Waals surface area contributed by atoms with Crippen LogP contribution in [-0.2, 0) is 21.6 Å². The van der Waals surface area contributed by atoms with E-state index < -0.39 is 10.4 Å². The first-order valence-corrected chi connectivity index (χ1v) is 9.63. The van der Waals surface area contributed by atoms with E-state index in [1.165, 1.54) is 11.1 Å². The Hall–Kier alpha value is -0.660. The monoisotopic (exact) mass is 370 g/mol. The molecule has 128 valence electrons. The van der Waals surface area contributed by atoms with Gasteiger partial charge in [0.2, 0.25) is 0 Å². The summed E-state index contributed by atoms with van der Waals surface area (Å²) < 4.78 is 36.8. The Balaban J connectivity index is 0.00000182. The van der Waals surface area contributed by atoms with Gasteiger partial charge < -0.3 is 8.74 Å². The number of carbonyl (C=O) groups excluding carboxylic acids is 1. The van der Waals surface area contributed by atoms with Crippen molar-refractivity contribution in [3.63, 3.8) is 0 Å². The fourth-order valence-corrected chi connectivity index (χ4v) is 5.23. The smallest absolute Gasteiger partial charge is 0.716 e. The average molecular weight is 370 g/mol. The number of rotatable bonds is 2. The fourth-order valence-electron chi connectivity index (χ4n) is 4.89. The minimum Gasteiger partial charge on any atom is -0.716 e. The van der Waals surface area contributed by atoms with E-state index in [-0.39, 0.29) is 46.6 Å². The second kappa shape index (κ2) is 6.50. The first-order valence-electron chi connectivity index (χ1n) is 8.29. The minimum atomic E-state index is -4.76. The van der Waals surface area contributed by atoms with Gasteiger partial charge in [-0.15, -0.1) is 0 Å². The number of hydrogen-bond acceptors (Lipinski definition) is 5. The molecule has 0 radical (unpaired) electrons. The maximum Gasteiger partial charge on any atom is 1.00 e. The summed E-state index contributed by atoms with van der Waals surface area (Å²) >= 11 is 0. The van der Waals surface area contributed by atoms with Crippen molar-refractivity contribution < 1.29 is 51.5 Å². The normalized spacial score (nSPS) is 30.5.